The zero-order valence-electron chi connectivity index (χ0n) is 15.8. The fourth-order valence-corrected chi connectivity index (χ4v) is 2.14. The first-order chi connectivity index (χ1) is 13.2. The van der Waals surface area contributed by atoms with Crippen molar-refractivity contribution in [1.29, 1.82) is 0 Å². The van der Waals surface area contributed by atoms with Gasteiger partial charge in [0.25, 0.3) is 5.91 Å². The van der Waals surface area contributed by atoms with Gasteiger partial charge in [-0.15, -0.1) is 0 Å². The van der Waals surface area contributed by atoms with Gasteiger partial charge in [0.05, 0.1) is 19.4 Å². The molecule has 2 rings (SSSR count). The third-order valence-corrected chi connectivity index (χ3v) is 3.55. The molecule has 0 saturated heterocycles. The molecule has 0 unspecified atom stereocenters. The van der Waals surface area contributed by atoms with Crippen molar-refractivity contribution < 1.29 is 19.0 Å². The highest BCUT2D eigenvalue weighted by Gasteiger charge is 2.02. The van der Waals surface area contributed by atoms with Crippen LogP contribution in [0.2, 0.25) is 0 Å². The second-order valence-electron chi connectivity index (χ2n) is 5.76. The predicted octanol–water partition coefficient (Wildman–Crippen LogP) is 3.79. The summed E-state index contributed by atoms with van der Waals surface area (Å²) in [5.41, 5.74) is 3.30. The molecule has 0 saturated carbocycles. The van der Waals surface area contributed by atoms with E-state index in [1.165, 1.54) is 0 Å². The number of nitrogens with zero attached hydrogens (tertiary/aromatic N) is 1. The zero-order valence-corrected chi connectivity index (χ0v) is 15.8. The van der Waals surface area contributed by atoms with Gasteiger partial charge in [0.2, 0.25) is 0 Å². The average molecular weight is 370 g/mol. The van der Waals surface area contributed by atoms with Gasteiger partial charge in [-0.1, -0.05) is 13.3 Å². The number of carbonyl (C=O) groups excluding carboxylic acids is 1. The molecular weight excluding hydrogens is 344 g/mol. The molecule has 0 heterocycles. The number of ether oxygens (including phenoxy) is 3. The van der Waals surface area contributed by atoms with E-state index in [4.69, 9.17) is 14.2 Å². The number of unbranched alkanes of at least 4 members (excludes halogenated alkanes) is 1. The van der Waals surface area contributed by atoms with Gasteiger partial charge in [-0.05, 0) is 67.4 Å². The number of carbonyl (C=O) groups is 1. The molecule has 0 aliphatic rings. The van der Waals surface area contributed by atoms with Gasteiger partial charge in [0.1, 0.15) is 17.2 Å². The molecule has 27 heavy (non-hydrogen) atoms. The molecule has 0 spiro atoms. The molecule has 0 fully saturated rings. The van der Waals surface area contributed by atoms with E-state index in [0.29, 0.717) is 19.0 Å². The molecule has 2 aromatic carbocycles. The van der Waals surface area contributed by atoms with Crippen LogP contribution in [0.25, 0.3) is 0 Å². The topological polar surface area (TPSA) is 69.2 Å². The van der Waals surface area contributed by atoms with Crippen LogP contribution in [0.1, 0.15) is 32.3 Å². The van der Waals surface area contributed by atoms with Gasteiger partial charge in [-0.2, -0.15) is 5.10 Å². The summed E-state index contributed by atoms with van der Waals surface area (Å²) in [6.07, 6.45) is 3.68. The number of hydrazone groups is 1. The molecule has 0 bridgehead atoms. The Bertz CT molecular complexity index is 712. The third-order valence-electron chi connectivity index (χ3n) is 3.55. The number of hydrogen-bond acceptors (Lipinski definition) is 5. The van der Waals surface area contributed by atoms with E-state index in [2.05, 4.69) is 17.5 Å². The Morgan fingerprint density at radius 3 is 2.15 bits per heavy atom. The Hall–Kier alpha value is -3.02. The number of amides is 1. The Labute approximate surface area is 160 Å². The van der Waals surface area contributed by atoms with Crippen LogP contribution in [-0.2, 0) is 4.79 Å². The lowest BCUT2D eigenvalue weighted by atomic mass is 10.2. The zero-order chi connectivity index (χ0) is 19.3. The molecule has 144 valence electrons. The lowest BCUT2D eigenvalue weighted by Gasteiger charge is -2.08. The first kappa shape index (κ1) is 20.3. The Kier molecular flexibility index (Phi) is 8.69. The largest absolute Gasteiger partial charge is 0.494 e. The van der Waals surface area contributed by atoms with Gasteiger partial charge in [-0.25, -0.2) is 5.43 Å². The summed E-state index contributed by atoms with van der Waals surface area (Å²) in [6.45, 7) is 5.26. The summed E-state index contributed by atoms with van der Waals surface area (Å²) < 4.78 is 16.4. The number of rotatable bonds is 11. The molecule has 0 radical (unpaired) electrons. The molecule has 2 aromatic rings. The van der Waals surface area contributed by atoms with Crippen LogP contribution in [0.15, 0.2) is 53.6 Å². The van der Waals surface area contributed by atoms with Crippen LogP contribution < -0.4 is 19.6 Å². The highest BCUT2D eigenvalue weighted by molar-refractivity contribution is 5.83. The molecule has 1 N–H and O–H groups in total. The fourth-order valence-electron chi connectivity index (χ4n) is 2.14. The second-order valence-corrected chi connectivity index (χ2v) is 5.76. The first-order valence-electron chi connectivity index (χ1n) is 9.11. The van der Waals surface area contributed by atoms with Crippen molar-refractivity contribution in [2.24, 2.45) is 5.10 Å². The van der Waals surface area contributed by atoms with Crippen molar-refractivity contribution in [2.45, 2.75) is 26.7 Å². The van der Waals surface area contributed by atoms with Crippen LogP contribution in [-0.4, -0.2) is 31.9 Å². The summed E-state index contributed by atoms with van der Waals surface area (Å²) in [5, 5.41) is 3.92. The normalized spacial score (nSPS) is 10.6. The van der Waals surface area contributed by atoms with Gasteiger partial charge >= 0.3 is 0 Å². The van der Waals surface area contributed by atoms with Crippen molar-refractivity contribution in [2.75, 3.05) is 19.8 Å². The van der Waals surface area contributed by atoms with Crippen molar-refractivity contribution in [3.63, 3.8) is 0 Å². The number of benzene rings is 2. The molecule has 1 amide bonds. The molecule has 6 nitrogen and oxygen atoms in total. The summed E-state index contributed by atoms with van der Waals surface area (Å²) in [6, 6.07) is 14.6. The molecule has 0 aliphatic heterocycles. The average Bonchev–Trinajstić information content (AvgIpc) is 2.69. The third kappa shape index (κ3) is 7.81. The quantitative estimate of drug-likeness (QED) is 0.371. The Morgan fingerprint density at radius 1 is 0.926 bits per heavy atom. The molecule has 0 atom stereocenters. The summed E-state index contributed by atoms with van der Waals surface area (Å²) in [4.78, 5) is 11.8. The van der Waals surface area contributed by atoms with Crippen LogP contribution in [0.3, 0.4) is 0 Å². The van der Waals surface area contributed by atoms with E-state index in [-0.39, 0.29) is 12.5 Å². The maximum atomic E-state index is 11.8. The van der Waals surface area contributed by atoms with Crippen molar-refractivity contribution in [3.05, 3.63) is 54.1 Å². The van der Waals surface area contributed by atoms with Gasteiger partial charge in [0, 0.05) is 0 Å². The van der Waals surface area contributed by atoms with Crippen LogP contribution in [0.4, 0.5) is 0 Å². The molecule has 0 aromatic heterocycles. The van der Waals surface area contributed by atoms with Crippen LogP contribution in [0, 0.1) is 0 Å². The smallest absolute Gasteiger partial charge is 0.277 e. The van der Waals surface area contributed by atoms with Crippen molar-refractivity contribution >= 4 is 12.1 Å². The lowest BCUT2D eigenvalue weighted by Crippen LogP contribution is -2.24. The molecule has 6 heteroatoms. The van der Waals surface area contributed by atoms with E-state index in [1.807, 2.05) is 43.3 Å². The first-order valence-corrected chi connectivity index (χ1v) is 9.11. The SMILES string of the molecule is CCCCOc1ccc(OCC(=O)NN=Cc2ccc(OCC)cc2)cc1. The van der Waals surface area contributed by atoms with Gasteiger partial charge in [-0.3, -0.25) is 4.79 Å². The number of hydrogen-bond donors (Lipinski definition) is 1. The fraction of sp³-hybridized carbons (Fsp3) is 0.333. The van der Waals surface area contributed by atoms with E-state index in [1.54, 1.807) is 18.3 Å². The van der Waals surface area contributed by atoms with E-state index in [0.717, 1.165) is 29.9 Å². The summed E-state index contributed by atoms with van der Waals surface area (Å²) in [7, 11) is 0. The lowest BCUT2D eigenvalue weighted by molar-refractivity contribution is -0.123. The predicted molar refractivity (Wildman–Crippen MR) is 106 cm³/mol. The van der Waals surface area contributed by atoms with Crippen molar-refractivity contribution in [1.82, 2.24) is 5.43 Å². The van der Waals surface area contributed by atoms with E-state index in [9.17, 15) is 4.79 Å². The van der Waals surface area contributed by atoms with Gasteiger partial charge < -0.3 is 14.2 Å². The van der Waals surface area contributed by atoms with Crippen LogP contribution >= 0.6 is 0 Å². The number of nitrogens with one attached hydrogen (secondary N) is 1. The molecular formula is C21H26N2O4. The summed E-state index contributed by atoms with van der Waals surface area (Å²) >= 11 is 0. The standard InChI is InChI=1S/C21H26N2O4/c1-3-5-14-26-19-10-12-20(13-11-19)27-16-21(24)23-22-15-17-6-8-18(9-7-17)25-4-2/h6-13,15H,3-5,14,16H2,1-2H3,(H,23,24). The highest BCUT2D eigenvalue weighted by Crippen LogP contribution is 2.17. The Balaban J connectivity index is 1.70. The highest BCUT2D eigenvalue weighted by atomic mass is 16.5. The maximum absolute atomic E-state index is 11.8. The second kappa shape index (κ2) is 11.6. The van der Waals surface area contributed by atoms with E-state index < -0.39 is 0 Å². The maximum Gasteiger partial charge on any atom is 0.277 e. The summed E-state index contributed by atoms with van der Waals surface area (Å²) in [5.74, 6) is 1.86. The van der Waals surface area contributed by atoms with Gasteiger partial charge in [0.15, 0.2) is 6.61 Å². The minimum atomic E-state index is -0.333. The monoisotopic (exact) mass is 370 g/mol. The minimum Gasteiger partial charge on any atom is -0.494 e. The minimum absolute atomic E-state index is 0.114. The Morgan fingerprint density at radius 2 is 1.52 bits per heavy atom. The van der Waals surface area contributed by atoms with Crippen molar-refractivity contribution in [3.8, 4) is 17.2 Å². The van der Waals surface area contributed by atoms with E-state index >= 15 is 0 Å². The molecule has 0 aliphatic carbocycles. The van der Waals surface area contributed by atoms with Crippen LogP contribution in [0.5, 0.6) is 17.2 Å².